The van der Waals surface area contributed by atoms with E-state index in [-0.39, 0.29) is 30.5 Å². The molecule has 9 nitrogen and oxygen atoms in total. The molecule has 0 bridgehead atoms. The van der Waals surface area contributed by atoms with Crippen LogP contribution in [-0.4, -0.2) is 49.1 Å². The fourth-order valence-electron chi connectivity index (χ4n) is 3.85. The SMILES string of the molecule is NC(=O)Cn1ccnc1C1CCCN(C(=O)Cn2[nH]c3ccccc3c2=O)C1. The molecule has 0 spiro atoms. The standard InChI is InChI=1S/C19H22N6O3/c20-16(26)11-24-9-7-21-18(24)13-4-3-8-23(10-13)17(27)12-25-19(28)14-5-1-2-6-15(14)22-25/h1-2,5-7,9,13,22H,3-4,8,10-12H2,(H2,20,26). The summed E-state index contributed by atoms with van der Waals surface area (Å²) < 4.78 is 3.09. The zero-order valence-electron chi connectivity index (χ0n) is 15.4. The van der Waals surface area contributed by atoms with Crippen molar-refractivity contribution in [1.82, 2.24) is 24.2 Å². The number of aromatic nitrogens is 4. The van der Waals surface area contributed by atoms with E-state index in [0.29, 0.717) is 24.0 Å². The number of nitrogens with zero attached hydrogens (tertiary/aromatic N) is 4. The van der Waals surface area contributed by atoms with Crippen molar-refractivity contribution in [3.05, 3.63) is 52.8 Å². The van der Waals surface area contributed by atoms with E-state index in [2.05, 4.69) is 10.1 Å². The minimum Gasteiger partial charge on any atom is -0.368 e. The summed E-state index contributed by atoms with van der Waals surface area (Å²) in [6.45, 7) is 1.19. The molecule has 9 heteroatoms. The fraction of sp³-hybridized carbons (Fsp3) is 0.368. The molecular weight excluding hydrogens is 360 g/mol. The van der Waals surface area contributed by atoms with Crippen molar-refractivity contribution >= 4 is 22.7 Å². The van der Waals surface area contributed by atoms with Gasteiger partial charge in [0.15, 0.2) is 0 Å². The van der Waals surface area contributed by atoms with Gasteiger partial charge >= 0.3 is 0 Å². The molecule has 1 atom stereocenters. The van der Waals surface area contributed by atoms with E-state index in [9.17, 15) is 14.4 Å². The summed E-state index contributed by atoms with van der Waals surface area (Å²) in [5, 5.41) is 3.56. The predicted molar refractivity (Wildman–Crippen MR) is 103 cm³/mol. The molecule has 1 saturated heterocycles. The van der Waals surface area contributed by atoms with Crippen LogP contribution in [-0.2, 0) is 22.7 Å². The third-order valence-corrected chi connectivity index (χ3v) is 5.16. The maximum absolute atomic E-state index is 12.8. The average Bonchev–Trinajstić information content (AvgIpc) is 3.26. The van der Waals surface area contributed by atoms with E-state index >= 15 is 0 Å². The summed E-state index contributed by atoms with van der Waals surface area (Å²) in [5.41, 5.74) is 5.82. The van der Waals surface area contributed by atoms with Crippen LogP contribution in [0.5, 0.6) is 0 Å². The van der Waals surface area contributed by atoms with Crippen LogP contribution in [0.1, 0.15) is 24.6 Å². The summed E-state index contributed by atoms with van der Waals surface area (Å²) in [7, 11) is 0. The van der Waals surface area contributed by atoms with Gasteiger partial charge < -0.3 is 15.2 Å². The molecular formula is C19H22N6O3. The molecule has 4 rings (SSSR count). The van der Waals surface area contributed by atoms with Crippen LogP contribution < -0.4 is 11.3 Å². The second-order valence-electron chi connectivity index (χ2n) is 7.11. The van der Waals surface area contributed by atoms with Crippen LogP contribution >= 0.6 is 0 Å². The summed E-state index contributed by atoms with van der Waals surface area (Å²) >= 11 is 0. The van der Waals surface area contributed by atoms with Crippen molar-refractivity contribution in [3.63, 3.8) is 0 Å². The highest BCUT2D eigenvalue weighted by Crippen LogP contribution is 2.26. The van der Waals surface area contributed by atoms with Gasteiger partial charge in [-0.3, -0.25) is 19.5 Å². The molecule has 28 heavy (non-hydrogen) atoms. The summed E-state index contributed by atoms with van der Waals surface area (Å²) in [6.07, 6.45) is 5.08. The number of nitrogens with two attached hydrogens (primary N) is 1. The lowest BCUT2D eigenvalue weighted by atomic mass is 9.97. The average molecular weight is 382 g/mol. The maximum Gasteiger partial charge on any atom is 0.274 e. The zero-order valence-corrected chi connectivity index (χ0v) is 15.4. The maximum atomic E-state index is 12.8. The van der Waals surface area contributed by atoms with E-state index in [1.165, 1.54) is 4.68 Å². The lowest BCUT2D eigenvalue weighted by Crippen LogP contribution is -2.42. The number of imidazole rings is 1. The van der Waals surface area contributed by atoms with E-state index < -0.39 is 5.91 Å². The van der Waals surface area contributed by atoms with Crippen LogP contribution in [0.25, 0.3) is 10.9 Å². The van der Waals surface area contributed by atoms with Gasteiger partial charge in [0.2, 0.25) is 11.8 Å². The molecule has 0 saturated carbocycles. The highest BCUT2D eigenvalue weighted by molar-refractivity contribution is 5.80. The first kappa shape index (κ1) is 18.0. The van der Waals surface area contributed by atoms with Crippen LogP contribution in [0.15, 0.2) is 41.5 Å². The van der Waals surface area contributed by atoms with Crippen molar-refractivity contribution < 1.29 is 9.59 Å². The third-order valence-electron chi connectivity index (χ3n) is 5.16. The quantitative estimate of drug-likeness (QED) is 0.664. The third kappa shape index (κ3) is 3.42. The minimum absolute atomic E-state index is 0.0318. The molecule has 1 aromatic carbocycles. The Morgan fingerprint density at radius 2 is 2.07 bits per heavy atom. The number of rotatable bonds is 5. The fourth-order valence-corrected chi connectivity index (χ4v) is 3.85. The number of primary amides is 1. The number of piperidine rings is 1. The predicted octanol–water partition coefficient (Wildman–Crippen LogP) is 0.418. The number of benzene rings is 1. The molecule has 1 fully saturated rings. The molecule has 0 radical (unpaired) electrons. The highest BCUT2D eigenvalue weighted by atomic mass is 16.2. The van der Waals surface area contributed by atoms with Crippen molar-refractivity contribution in [3.8, 4) is 0 Å². The number of hydrogen-bond donors (Lipinski definition) is 2. The second kappa shape index (κ2) is 7.34. The first-order chi connectivity index (χ1) is 13.5. The van der Waals surface area contributed by atoms with E-state index in [1.54, 1.807) is 34.0 Å². The van der Waals surface area contributed by atoms with Gasteiger partial charge in [-0.15, -0.1) is 0 Å². The normalized spacial score (nSPS) is 17.1. The first-order valence-corrected chi connectivity index (χ1v) is 9.27. The molecule has 2 aromatic heterocycles. The molecule has 0 aliphatic carbocycles. The Labute approximate surface area is 160 Å². The molecule has 1 aliphatic rings. The van der Waals surface area contributed by atoms with Gasteiger partial charge in [-0.1, -0.05) is 12.1 Å². The Morgan fingerprint density at radius 1 is 1.25 bits per heavy atom. The Balaban J connectivity index is 1.49. The smallest absolute Gasteiger partial charge is 0.274 e. The molecule has 146 valence electrons. The number of hydrogen-bond acceptors (Lipinski definition) is 4. The van der Waals surface area contributed by atoms with Crippen molar-refractivity contribution in [1.29, 1.82) is 0 Å². The van der Waals surface area contributed by atoms with Crippen molar-refractivity contribution in [2.45, 2.75) is 31.8 Å². The Kier molecular flexibility index (Phi) is 4.72. The van der Waals surface area contributed by atoms with Crippen molar-refractivity contribution in [2.24, 2.45) is 5.73 Å². The Bertz CT molecular complexity index is 1080. The van der Waals surface area contributed by atoms with Gasteiger partial charge in [0, 0.05) is 31.4 Å². The summed E-state index contributed by atoms with van der Waals surface area (Å²) in [4.78, 5) is 42.7. The topological polar surface area (TPSA) is 119 Å². The largest absolute Gasteiger partial charge is 0.368 e. The molecule has 1 aliphatic heterocycles. The van der Waals surface area contributed by atoms with Gasteiger partial charge in [0.05, 0.1) is 10.9 Å². The Hall–Kier alpha value is -3.36. The number of H-pyrrole nitrogens is 1. The van der Waals surface area contributed by atoms with E-state index in [1.807, 2.05) is 12.1 Å². The number of carbonyl (C=O) groups is 2. The van der Waals surface area contributed by atoms with Gasteiger partial charge in [0.1, 0.15) is 18.9 Å². The number of para-hydroxylation sites is 1. The van der Waals surface area contributed by atoms with Gasteiger partial charge in [-0.2, -0.15) is 0 Å². The van der Waals surface area contributed by atoms with Gasteiger partial charge in [0.25, 0.3) is 5.56 Å². The minimum atomic E-state index is -0.429. The number of likely N-dealkylation sites (tertiary alicyclic amines) is 1. The number of aromatic amines is 1. The van der Waals surface area contributed by atoms with Crippen LogP contribution in [0.4, 0.5) is 0 Å². The second-order valence-corrected chi connectivity index (χ2v) is 7.11. The molecule has 3 heterocycles. The van der Waals surface area contributed by atoms with Crippen LogP contribution in [0.3, 0.4) is 0 Å². The van der Waals surface area contributed by atoms with Crippen molar-refractivity contribution in [2.75, 3.05) is 13.1 Å². The number of carbonyl (C=O) groups excluding carboxylic acids is 2. The van der Waals surface area contributed by atoms with Crippen LogP contribution in [0, 0.1) is 0 Å². The first-order valence-electron chi connectivity index (χ1n) is 9.27. The summed E-state index contributed by atoms with van der Waals surface area (Å²) in [5.74, 6) is 0.248. The van der Waals surface area contributed by atoms with Gasteiger partial charge in [-0.05, 0) is 25.0 Å². The molecule has 2 amide bonds. The highest BCUT2D eigenvalue weighted by Gasteiger charge is 2.28. The summed E-state index contributed by atoms with van der Waals surface area (Å²) in [6, 6.07) is 7.19. The van der Waals surface area contributed by atoms with Gasteiger partial charge in [-0.25, -0.2) is 9.67 Å². The molecule has 3 aromatic rings. The number of amides is 2. The lowest BCUT2D eigenvalue weighted by molar-refractivity contribution is -0.133. The molecule has 3 N–H and O–H groups in total. The molecule has 1 unspecified atom stereocenters. The lowest BCUT2D eigenvalue weighted by Gasteiger charge is -2.32. The number of fused-ring (bicyclic) bond motifs is 1. The zero-order chi connectivity index (χ0) is 19.7. The van der Waals surface area contributed by atoms with E-state index in [0.717, 1.165) is 18.7 Å². The monoisotopic (exact) mass is 382 g/mol. The Morgan fingerprint density at radius 3 is 2.86 bits per heavy atom. The van der Waals surface area contributed by atoms with E-state index in [4.69, 9.17) is 5.73 Å². The van der Waals surface area contributed by atoms with Crippen LogP contribution in [0.2, 0.25) is 0 Å². The number of nitrogens with one attached hydrogen (secondary N) is 1.